The number of fused-ring (bicyclic) bond motifs is 1. The number of hydrogen-bond acceptors (Lipinski definition) is 4. The Morgan fingerprint density at radius 3 is 2.61 bits per heavy atom. The van der Waals surface area contributed by atoms with Gasteiger partial charge in [0.05, 0.1) is 12.2 Å². The van der Waals surface area contributed by atoms with Crippen LogP contribution in [0, 0.1) is 13.8 Å². The Bertz CT molecular complexity index is 955. The maximum Gasteiger partial charge on any atom is 0.245 e. The molecule has 0 fully saturated rings. The first-order chi connectivity index (χ1) is 13.5. The number of nitrogens with one attached hydrogen (secondary N) is 1. The van der Waals surface area contributed by atoms with Gasteiger partial charge in [0.2, 0.25) is 5.91 Å². The van der Waals surface area contributed by atoms with E-state index in [0.29, 0.717) is 13.1 Å². The zero-order valence-electron chi connectivity index (χ0n) is 16.6. The third-order valence-corrected chi connectivity index (χ3v) is 5.62. The number of hydrogen-bond donors (Lipinski definition) is 1. The van der Waals surface area contributed by atoms with Crippen molar-refractivity contribution in [2.45, 2.75) is 52.6 Å². The highest BCUT2D eigenvalue weighted by atomic mass is 16.2. The van der Waals surface area contributed by atoms with Crippen LogP contribution < -0.4 is 0 Å². The lowest BCUT2D eigenvalue weighted by atomic mass is 10.1. The maximum absolute atomic E-state index is 12.9. The van der Waals surface area contributed by atoms with E-state index in [-0.39, 0.29) is 11.9 Å². The average Bonchev–Trinajstić information content (AvgIpc) is 3.25. The minimum Gasteiger partial charge on any atom is -0.333 e. The van der Waals surface area contributed by atoms with Gasteiger partial charge in [0.25, 0.3) is 0 Å². The second kappa shape index (κ2) is 7.58. The van der Waals surface area contributed by atoms with Crippen LogP contribution in [-0.2, 0) is 30.6 Å². The standard InChI is InChI=1S/C21H26N6O/c1-14-18(15(2)23-22-14)9-10-19-24-25-20-13-26(21(28)16(3)27(19)20)12-11-17-7-5-4-6-8-17/h4-8,16H,9-13H2,1-3H3,(H,22,23)/t16-/m1/s1. The summed E-state index contributed by atoms with van der Waals surface area (Å²) in [6.45, 7) is 7.21. The van der Waals surface area contributed by atoms with Gasteiger partial charge in [-0.15, -0.1) is 10.2 Å². The molecule has 0 saturated carbocycles. The van der Waals surface area contributed by atoms with Crippen LogP contribution in [0.5, 0.6) is 0 Å². The normalized spacial score (nSPS) is 16.5. The highest BCUT2D eigenvalue weighted by molar-refractivity contribution is 5.81. The molecule has 0 bridgehead atoms. The van der Waals surface area contributed by atoms with Crippen molar-refractivity contribution >= 4 is 5.91 Å². The van der Waals surface area contributed by atoms with E-state index in [4.69, 9.17) is 0 Å². The number of H-pyrrole nitrogens is 1. The zero-order valence-corrected chi connectivity index (χ0v) is 16.6. The number of carbonyl (C=O) groups is 1. The van der Waals surface area contributed by atoms with Gasteiger partial charge in [-0.25, -0.2) is 0 Å². The fourth-order valence-corrected chi connectivity index (χ4v) is 3.99. The molecule has 0 radical (unpaired) electrons. The van der Waals surface area contributed by atoms with Crippen molar-refractivity contribution in [3.63, 3.8) is 0 Å². The summed E-state index contributed by atoms with van der Waals surface area (Å²) in [5.41, 5.74) is 4.57. The monoisotopic (exact) mass is 378 g/mol. The van der Waals surface area contributed by atoms with Crippen molar-refractivity contribution in [2.24, 2.45) is 0 Å². The van der Waals surface area contributed by atoms with E-state index >= 15 is 0 Å². The molecule has 0 aliphatic carbocycles. The van der Waals surface area contributed by atoms with Gasteiger partial charge >= 0.3 is 0 Å². The molecule has 1 N–H and O–H groups in total. The summed E-state index contributed by atoms with van der Waals surface area (Å²) in [6, 6.07) is 9.99. The van der Waals surface area contributed by atoms with Gasteiger partial charge in [0, 0.05) is 18.7 Å². The predicted molar refractivity (Wildman–Crippen MR) is 106 cm³/mol. The van der Waals surface area contributed by atoms with Crippen LogP contribution in [0.2, 0.25) is 0 Å². The van der Waals surface area contributed by atoms with Gasteiger partial charge in [0.15, 0.2) is 5.82 Å². The molecule has 7 heteroatoms. The number of aryl methyl sites for hydroxylation is 3. The van der Waals surface area contributed by atoms with Crippen molar-refractivity contribution in [1.29, 1.82) is 0 Å². The first-order valence-electron chi connectivity index (χ1n) is 9.80. The summed E-state index contributed by atoms with van der Waals surface area (Å²) in [5.74, 6) is 1.88. The Morgan fingerprint density at radius 2 is 1.89 bits per heavy atom. The van der Waals surface area contributed by atoms with Crippen molar-refractivity contribution < 1.29 is 4.79 Å². The molecule has 0 spiro atoms. The van der Waals surface area contributed by atoms with Crippen LogP contribution in [0.25, 0.3) is 0 Å². The van der Waals surface area contributed by atoms with Crippen LogP contribution in [0.1, 0.15) is 47.1 Å². The summed E-state index contributed by atoms with van der Waals surface area (Å²) >= 11 is 0. The smallest absolute Gasteiger partial charge is 0.245 e. The Hall–Kier alpha value is -2.96. The molecule has 1 aromatic carbocycles. The van der Waals surface area contributed by atoms with Gasteiger partial charge in [0.1, 0.15) is 11.9 Å². The molecule has 3 heterocycles. The Labute approximate surface area is 164 Å². The summed E-state index contributed by atoms with van der Waals surface area (Å²) < 4.78 is 2.02. The summed E-state index contributed by atoms with van der Waals surface area (Å²) in [7, 11) is 0. The second-order valence-corrected chi connectivity index (χ2v) is 7.49. The topological polar surface area (TPSA) is 79.7 Å². The molecule has 4 rings (SSSR count). The summed E-state index contributed by atoms with van der Waals surface area (Å²) in [4.78, 5) is 14.8. The first kappa shape index (κ1) is 18.4. The molecule has 3 aromatic rings. The SMILES string of the molecule is Cc1n[nH]c(C)c1CCc1nnc2n1[C@H](C)C(=O)N(CCc1ccccc1)C2. The fraction of sp³-hybridized carbons (Fsp3) is 0.429. The number of amides is 1. The van der Waals surface area contributed by atoms with Crippen molar-refractivity contribution in [2.75, 3.05) is 6.54 Å². The summed E-state index contributed by atoms with van der Waals surface area (Å²) in [5, 5.41) is 16.1. The molecule has 0 saturated heterocycles. The zero-order chi connectivity index (χ0) is 19.7. The molecule has 1 atom stereocenters. The van der Waals surface area contributed by atoms with E-state index in [9.17, 15) is 4.79 Å². The van der Waals surface area contributed by atoms with Gasteiger partial charge in [-0.3, -0.25) is 9.89 Å². The third kappa shape index (κ3) is 3.44. The lowest BCUT2D eigenvalue weighted by Gasteiger charge is -2.32. The molecule has 1 aliphatic heterocycles. The van der Waals surface area contributed by atoms with Crippen molar-refractivity contribution in [1.82, 2.24) is 29.9 Å². The molecule has 2 aromatic heterocycles. The molecule has 1 amide bonds. The summed E-state index contributed by atoms with van der Waals surface area (Å²) in [6.07, 6.45) is 2.43. The second-order valence-electron chi connectivity index (χ2n) is 7.49. The van der Waals surface area contributed by atoms with E-state index in [1.807, 2.05) is 48.4 Å². The number of aromatic nitrogens is 5. The Kier molecular flexibility index (Phi) is 4.98. The minimum atomic E-state index is -0.268. The first-order valence-corrected chi connectivity index (χ1v) is 9.80. The maximum atomic E-state index is 12.9. The number of carbonyl (C=O) groups excluding carboxylic acids is 1. The van der Waals surface area contributed by atoms with Gasteiger partial charge in [-0.05, 0) is 44.7 Å². The van der Waals surface area contributed by atoms with E-state index in [1.165, 1.54) is 11.1 Å². The molecule has 28 heavy (non-hydrogen) atoms. The van der Waals surface area contributed by atoms with Crippen LogP contribution in [0.3, 0.4) is 0 Å². The van der Waals surface area contributed by atoms with E-state index < -0.39 is 0 Å². The number of rotatable bonds is 6. The molecular formula is C21H26N6O. The largest absolute Gasteiger partial charge is 0.333 e. The lowest BCUT2D eigenvalue weighted by Crippen LogP contribution is -2.43. The number of aromatic amines is 1. The quantitative estimate of drug-likeness (QED) is 0.715. The molecular weight excluding hydrogens is 352 g/mol. The Morgan fingerprint density at radius 1 is 1.11 bits per heavy atom. The van der Waals surface area contributed by atoms with Crippen LogP contribution in [0.4, 0.5) is 0 Å². The fourth-order valence-electron chi connectivity index (χ4n) is 3.99. The van der Waals surface area contributed by atoms with Crippen LogP contribution >= 0.6 is 0 Å². The Balaban J connectivity index is 1.47. The molecule has 1 aliphatic rings. The molecule has 146 valence electrons. The van der Waals surface area contributed by atoms with Crippen molar-refractivity contribution in [3.05, 3.63) is 64.5 Å². The number of benzene rings is 1. The molecule has 7 nitrogen and oxygen atoms in total. The predicted octanol–water partition coefficient (Wildman–Crippen LogP) is 2.55. The lowest BCUT2D eigenvalue weighted by molar-refractivity contribution is -0.137. The van der Waals surface area contributed by atoms with E-state index in [2.05, 4.69) is 32.5 Å². The van der Waals surface area contributed by atoms with Gasteiger partial charge < -0.3 is 9.47 Å². The van der Waals surface area contributed by atoms with E-state index in [0.717, 1.165) is 42.3 Å². The average molecular weight is 378 g/mol. The van der Waals surface area contributed by atoms with E-state index in [1.54, 1.807) is 0 Å². The number of nitrogens with zero attached hydrogens (tertiary/aromatic N) is 5. The molecule has 0 unspecified atom stereocenters. The minimum absolute atomic E-state index is 0.139. The third-order valence-electron chi connectivity index (χ3n) is 5.62. The van der Waals surface area contributed by atoms with Crippen molar-refractivity contribution in [3.8, 4) is 0 Å². The van der Waals surface area contributed by atoms with Crippen LogP contribution in [-0.4, -0.2) is 42.3 Å². The highest BCUT2D eigenvalue weighted by Gasteiger charge is 2.32. The van der Waals surface area contributed by atoms with Gasteiger partial charge in [-0.2, -0.15) is 5.10 Å². The highest BCUT2D eigenvalue weighted by Crippen LogP contribution is 2.24. The van der Waals surface area contributed by atoms with Gasteiger partial charge in [-0.1, -0.05) is 30.3 Å². The van der Waals surface area contributed by atoms with Crippen LogP contribution in [0.15, 0.2) is 30.3 Å².